The molecule has 3 fully saturated rings. The number of imide groups is 1. The van der Waals surface area contributed by atoms with Gasteiger partial charge in [-0.1, -0.05) is 0 Å². The first-order valence-electron chi connectivity index (χ1n) is 5.37. The molecule has 3 aliphatic rings. The Morgan fingerprint density at radius 2 is 2.12 bits per heavy atom. The van der Waals surface area contributed by atoms with E-state index in [0.29, 0.717) is 19.3 Å². The van der Waals surface area contributed by atoms with E-state index < -0.39 is 28.9 Å². The molecule has 1 aliphatic heterocycles. The summed E-state index contributed by atoms with van der Waals surface area (Å²) < 4.78 is 0. The molecular formula is C10H12N2O4. The summed E-state index contributed by atoms with van der Waals surface area (Å²) in [5, 5.41) is 14.1. The van der Waals surface area contributed by atoms with Gasteiger partial charge >= 0.3 is 12.0 Å². The molecule has 2 bridgehead atoms. The van der Waals surface area contributed by atoms with Gasteiger partial charge in [0, 0.05) is 0 Å². The number of aliphatic carboxylic acids is 1. The molecule has 86 valence electrons. The molecule has 3 unspecified atom stereocenters. The Balaban J connectivity index is 2.12. The summed E-state index contributed by atoms with van der Waals surface area (Å²) in [5.41, 5.74) is -2.28. The molecule has 2 aliphatic carbocycles. The Bertz CT molecular complexity index is 421. The van der Waals surface area contributed by atoms with Crippen molar-refractivity contribution in [1.29, 1.82) is 0 Å². The number of hydrogen-bond donors (Lipinski definition) is 3. The minimum Gasteiger partial charge on any atom is -0.481 e. The van der Waals surface area contributed by atoms with Gasteiger partial charge in [0.2, 0.25) is 0 Å². The number of carbonyl (C=O) groups excluding carboxylic acids is 2. The van der Waals surface area contributed by atoms with E-state index in [1.807, 2.05) is 0 Å². The van der Waals surface area contributed by atoms with E-state index in [0.717, 1.165) is 6.42 Å². The number of rotatable bonds is 1. The Morgan fingerprint density at radius 3 is 2.62 bits per heavy atom. The van der Waals surface area contributed by atoms with Crippen molar-refractivity contribution < 1.29 is 19.5 Å². The van der Waals surface area contributed by atoms with Crippen molar-refractivity contribution in [3.05, 3.63) is 0 Å². The van der Waals surface area contributed by atoms with Gasteiger partial charge in [0.1, 0.15) is 11.0 Å². The average Bonchev–Trinajstić information content (AvgIpc) is 2.80. The van der Waals surface area contributed by atoms with E-state index in [2.05, 4.69) is 10.6 Å². The van der Waals surface area contributed by atoms with E-state index in [9.17, 15) is 19.5 Å². The number of carboxylic acids is 1. The van der Waals surface area contributed by atoms with Crippen LogP contribution in [-0.4, -0.2) is 28.6 Å². The fraction of sp³-hybridized carbons (Fsp3) is 0.700. The molecule has 2 saturated carbocycles. The lowest BCUT2D eigenvalue weighted by Gasteiger charge is -2.38. The summed E-state index contributed by atoms with van der Waals surface area (Å²) in [4.78, 5) is 34.5. The molecule has 0 radical (unpaired) electrons. The SMILES string of the molecule is O=C1NC(=O)C2(CC3CCC2(C(=O)O)C3)N1. The highest BCUT2D eigenvalue weighted by atomic mass is 16.4. The average molecular weight is 224 g/mol. The van der Waals surface area contributed by atoms with E-state index in [1.165, 1.54) is 0 Å². The maximum Gasteiger partial charge on any atom is 0.322 e. The van der Waals surface area contributed by atoms with Gasteiger partial charge in [-0.3, -0.25) is 14.9 Å². The van der Waals surface area contributed by atoms with Crippen molar-refractivity contribution in [2.45, 2.75) is 31.2 Å². The predicted molar refractivity (Wildman–Crippen MR) is 51.4 cm³/mol. The molecule has 1 heterocycles. The summed E-state index contributed by atoms with van der Waals surface area (Å²) in [6.07, 6.45) is 2.25. The van der Waals surface area contributed by atoms with Crippen LogP contribution >= 0.6 is 0 Å². The number of amides is 3. The van der Waals surface area contributed by atoms with Gasteiger partial charge in [-0.15, -0.1) is 0 Å². The predicted octanol–water partition coefficient (Wildman–Crippen LogP) is -0.161. The van der Waals surface area contributed by atoms with Crippen LogP contribution < -0.4 is 10.6 Å². The van der Waals surface area contributed by atoms with Gasteiger partial charge in [0.05, 0.1) is 0 Å². The lowest BCUT2D eigenvalue weighted by Crippen LogP contribution is -2.60. The van der Waals surface area contributed by atoms with Gasteiger partial charge in [0.25, 0.3) is 5.91 Å². The van der Waals surface area contributed by atoms with Gasteiger partial charge in [0.15, 0.2) is 0 Å². The first-order valence-corrected chi connectivity index (χ1v) is 5.37. The van der Waals surface area contributed by atoms with Crippen LogP contribution in [0.2, 0.25) is 0 Å². The highest BCUT2D eigenvalue weighted by Gasteiger charge is 2.72. The van der Waals surface area contributed by atoms with Gasteiger partial charge in [-0.05, 0) is 31.6 Å². The molecule has 3 amide bonds. The third-order valence-electron chi connectivity index (χ3n) is 4.38. The molecule has 0 aromatic rings. The van der Waals surface area contributed by atoms with Crippen LogP contribution in [0.3, 0.4) is 0 Å². The van der Waals surface area contributed by atoms with Crippen molar-refractivity contribution in [2.75, 3.05) is 0 Å². The van der Waals surface area contributed by atoms with Crippen molar-refractivity contribution in [1.82, 2.24) is 10.6 Å². The van der Waals surface area contributed by atoms with Crippen LogP contribution in [0.4, 0.5) is 4.79 Å². The zero-order valence-electron chi connectivity index (χ0n) is 8.58. The Morgan fingerprint density at radius 1 is 1.38 bits per heavy atom. The van der Waals surface area contributed by atoms with E-state index >= 15 is 0 Å². The Kier molecular flexibility index (Phi) is 1.54. The molecule has 3 N–H and O–H groups in total. The van der Waals surface area contributed by atoms with Crippen molar-refractivity contribution in [3.8, 4) is 0 Å². The van der Waals surface area contributed by atoms with Crippen LogP contribution in [0.25, 0.3) is 0 Å². The zero-order chi connectivity index (χ0) is 11.6. The van der Waals surface area contributed by atoms with Gasteiger partial charge in [-0.2, -0.15) is 0 Å². The first-order chi connectivity index (χ1) is 7.50. The van der Waals surface area contributed by atoms with Crippen molar-refractivity contribution >= 4 is 17.9 Å². The fourth-order valence-corrected chi connectivity index (χ4v) is 3.69. The second-order valence-corrected chi connectivity index (χ2v) is 5.01. The number of carboxylic acid groups (broad SMARTS) is 1. The molecule has 3 atom stereocenters. The quantitative estimate of drug-likeness (QED) is 0.539. The molecular weight excluding hydrogens is 212 g/mol. The molecule has 3 rings (SSSR count). The number of carbonyl (C=O) groups is 3. The molecule has 16 heavy (non-hydrogen) atoms. The van der Waals surface area contributed by atoms with Crippen molar-refractivity contribution in [3.63, 3.8) is 0 Å². The number of fused-ring (bicyclic) bond motifs is 3. The number of nitrogens with one attached hydrogen (secondary N) is 2. The fourth-order valence-electron chi connectivity index (χ4n) is 3.69. The van der Waals surface area contributed by atoms with Crippen LogP contribution in [-0.2, 0) is 9.59 Å². The summed E-state index contributed by atoms with van der Waals surface area (Å²) in [6, 6.07) is -0.571. The molecule has 0 aromatic heterocycles. The molecule has 1 spiro atoms. The first kappa shape index (κ1) is 9.62. The molecule has 6 nitrogen and oxygen atoms in total. The Hall–Kier alpha value is -1.59. The van der Waals surface area contributed by atoms with E-state index in [-0.39, 0.29) is 5.92 Å². The van der Waals surface area contributed by atoms with E-state index in [4.69, 9.17) is 0 Å². The second kappa shape index (κ2) is 2.56. The topological polar surface area (TPSA) is 95.5 Å². The monoisotopic (exact) mass is 224 g/mol. The molecule has 1 saturated heterocycles. The third kappa shape index (κ3) is 0.819. The highest BCUT2D eigenvalue weighted by molar-refractivity contribution is 6.10. The summed E-state index contributed by atoms with van der Waals surface area (Å²) in [6.45, 7) is 0. The minimum atomic E-state index is -1.20. The normalized spacial score (nSPS) is 44.9. The standard InChI is InChI=1S/C10H12N2O4/c13-6-10(12-8(16)11-6)4-5-1-2-9(10,3-5)7(14)15/h5H,1-4H2,(H,14,15)(H2,11,12,13,16). The van der Waals surface area contributed by atoms with Crippen molar-refractivity contribution in [2.24, 2.45) is 11.3 Å². The summed E-state index contributed by atoms with van der Waals surface area (Å²) >= 11 is 0. The van der Waals surface area contributed by atoms with Crippen LogP contribution in [0, 0.1) is 11.3 Å². The van der Waals surface area contributed by atoms with Crippen LogP contribution in [0.15, 0.2) is 0 Å². The lowest BCUT2D eigenvalue weighted by atomic mass is 9.68. The second-order valence-electron chi connectivity index (χ2n) is 5.01. The van der Waals surface area contributed by atoms with Gasteiger partial charge < -0.3 is 10.4 Å². The Labute approximate surface area is 91.4 Å². The van der Waals surface area contributed by atoms with E-state index in [1.54, 1.807) is 0 Å². The minimum absolute atomic E-state index is 0.236. The lowest BCUT2D eigenvalue weighted by molar-refractivity contribution is -0.156. The van der Waals surface area contributed by atoms with Crippen LogP contribution in [0.1, 0.15) is 25.7 Å². The maximum absolute atomic E-state index is 11.9. The summed E-state index contributed by atoms with van der Waals surface area (Å²) in [5.74, 6) is -1.20. The summed E-state index contributed by atoms with van der Waals surface area (Å²) in [7, 11) is 0. The smallest absolute Gasteiger partial charge is 0.322 e. The molecule has 6 heteroatoms. The molecule has 0 aromatic carbocycles. The number of hydrogen-bond acceptors (Lipinski definition) is 3. The van der Waals surface area contributed by atoms with Crippen LogP contribution in [0.5, 0.6) is 0 Å². The largest absolute Gasteiger partial charge is 0.481 e. The van der Waals surface area contributed by atoms with Gasteiger partial charge in [-0.25, -0.2) is 4.79 Å². The number of urea groups is 1. The maximum atomic E-state index is 11.9. The zero-order valence-corrected chi connectivity index (χ0v) is 8.58. The highest BCUT2D eigenvalue weighted by Crippen LogP contribution is 2.60. The third-order valence-corrected chi connectivity index (χ3v) is 4.38.